The van der Waals surface area contributed by atoms with Gasteiger partial charge in [-0.2, -0.15) is 0 Å². The second-order valence-corrected chi connectivity index (χ2v) is 6.15. The summed E-state index contributed by atoms with van der Waals surface area (Å²) in [5, 5.41) is 0. The number of benzene rings is 1. The van der Waals surface area contributed by atoms with Crippen LogP contribution in [0.2, 0.25) is 0 Å². The van der Waals surface area contributed by atoms with Crippen molar-refractivity contribution in [2.45, 2.75) is 38.8 Å². The first-order valence-electron chi connectivity index (χ1n) is 6.94. The summed E-state index contributed by atoms with van der Waals surface area (Å²) in [7, 11) is 0. The van der Waals surface area contributed by atoms with E-state index in [9.17, 15) is 0 Å². The Hall–Kier alpha value is -1.97. The van der Waals surface area contributed by atoms with E-state index in [0.717, 1.165) is 23.9 Å². The van der Waals surface area contributed by atoms with E-state index in [1.165, 1.54) is 0 Å². The van der Waals surface area contributed by atoms with E-state index in [0.29, 0.717) is 6.61 Å². The number of fused-ring (bicyclic) bond motifs is 1. The maximum Gasteiger partial charge on any atom is 0.161 e. The number of rotatable bonds is 2. The topological polar surface area (TPSA) is 36.3 Å². The van der Waals surface area contributed by atoms with Crippen LogP contribution in [-0.2, 0) is 12.0 Å². The fourth-order valence-corrected chi connectivity index (χ4v) is 2.47. The molecule has 4 nitrogen and oxygen atoms in total. The molecule has 0 saturated carbocycles. The van der Waals surface area contributed by atoms with E-state index in [2.05, 4.69) is 30.3 Å². The Morgan fingerprint density at radius 1 is 1.25 bits per heavy atom. The third-order valence-electron chi connectivity index (χ3n) is 3.35. The molecule has 3 rings (SSSR count). The van der Waals surface area contributed by atoms with Crippen LogP contribution in [-0.4, -0.2) is 22.3 Å². The van der Waals surface area contributed by atoms with Crippen molar-refractivity contribution in [3.05, 3.63) is 42.5 Å². The summed E-state index contributed by atoms with van der Waals surface area (Å²) in [4.78, 5) is 4.46. The molecule has 1 aliphatic heterocycles. The Bertz CT molecular complexity index is 599. The maximum absolute atomic E-state index is 6.00. The minimum atomic E-state index is 0.0141. The zero-order chi connectivity index (χ0) is 14.2. The van der Waals surface area contributed by atoms with Crippen molar-refractivity contribution in [3.8, 4) is 11.5 Å². The zero-order valence-electron chi connectivity index (χ0n) is 12.2. The average molecular weight is 272 g/mol. The lowest BCUT2D eigenvalue weighted by molar-refractivity contribution is 0.0773. The number of ether oxygens (including phenoxy) is 2. The average Bonchev–Trinajstić information content (AvgIpc) is 2.87. The minimum absolute atomic E-state index is 0.0141. The molecule has 0 fully saturated rings. The zero-order valence-corrected chi connectivity index (χ0v) is 12.2. The van der Waals surface area contributed by atoms with Crippen LogP contribution in [0.4, 0.5) is 0 Å². The van der Waals surface area contributed by atoms with Gasteiger partial charge in [0.2, 0.25) is 0 Å². The molecule has 0 saturated heterocycles. The highest BCUT2D eigenvalue weighted by Gasteiger charge is 2.25. The van der Waals surface area contributed by atoms with Crippen molar-refractivity contribution >= 4 is 0 Å². The summed E-state index contributed by atoms with van der Waals surface area (Å²) in [5.41, 5.74) is 0.0247. The summed E-state index contributed by atoms with van der Waals surface area (Å²) in [6.45, 7) is 7.82. The molecule has 1 aromatic heterocycles. The summed E-state index contributed by atoms with van der Waals surface area (Å²) < 4.78 is 13.9. The van der Waals surface area contributed by atoms with Crippen LogP contribution in [0.1, 0.15) is 26.6 Å². The first kappa shape index (κ1) is 13.0. The predicted molar refractivity (Wildman–Crippen MR) is 77.3 cm³/mol. The lowest BCUT2D eigenvalue weighted by Crippen LogP contribution is -2.34. The molecule has 2 aromatic rings. The molecule has 1 aromatic carbocycles. The maximum atomic E-state index is 6.00. The smallest absolute Gasteiger partial charge is 0.161 e. The first-order valence-corrected chi connectivity index (χ1v) is 6.94. The minimum Gasteiger partial charge on any atom is -0.486 e. The van der Waals surface area contributed by atoms with Gasteiger partial charge in [-0.15, -0.1) is 0 Å². The predicted octanol–water partition coefficient (Wildman–Crippen LogP) is 3.02. The molecular weight excluding hydrogens is 252 g/mol. The highest BCUT2D eigenvalue weighted by molar-refractivity contribution is 5.40. The Labute approximate surface area is 119 Å². The second kappa shape index (κ2) is 4.85. The fourth-order valence-electron chi connectivity index (χ4n) is 2.47. The number of nitrogens with zero attached hydrogens (tertiary/aromatic N) is 2. The fraction of sp³-hybridized carbons (Fsp3) is 0.438. The van der Waals surface area contributed by atoms with Crippen LogP contribution in [0.5, 0.6) is 11.5 Å². The van der Waals surface area contributed by atoms with Gasteiger partial charge in [0.15, 0.2) is 17.6 Å². The standard InChI is InChI=1S/C16H20N2O2/c1-16(2,3)15-17-8-9-18(15)10-12-11-19-13-6-4-5-7-14(13)20-12/h4-9,12H,10-11H2,1-3H3. The Morgan fingerprint density at radius 2 is 2.00 bits per heavy atom. The molecule has 0 aliphatic carbocycles. The highest BCUT2D eigenvalue weighted by atomic mass is 16.6. The molecule has 0 spiro atoms. The van der Waals surface area contributed by atoms with Crippen LogP contribution >= 0.6 is 0 Å². The van der Waals surface area contributed by atoms with E-state index in [1.807, 2.05) is 36.7 Å². The van der Waals surface area contributed by atoms with Gasteiger partial charge in [-0.25, -0.2) is 4.98 Å². The Kier molecular flexibility index (Phi) is 3.16. The largest absolute Gasteiger partial charge is 0.486 e. The Balaban J connectivity index is 1.76. The molecule has 106 valence electrons. The summed E-state index contributed by atoms with van der Waals surface area (Å²) in [5.74, 6) is 2.71. The number of imidazole rings is 1. The van der Waals surface area contributed by atoms with Crippen molar-refractivity contribution in [1.29, 1.82) is 0 Å². The van der Waals surface area contributed by atoms with Crippen LogP contribution < -0.4 is 9.47 Å². The van der Waals surface area contributed by atoms with E-state index in [-0.39, 0.29) is 11.5 Å². The van der Waals surface area contributed by atoms with Crippen LogP contribution in [0.15, 0.2) is 36.7 Å². The number of para-hydroxylation sites is 2. The van der Waals surface area contributed by atoms with Crippen LogP contribution in [0.3, 0.4) is 0 Å². The van der Waals surface area contributed by atoms with Gasteiger partial charge in [-0.3, -0.25) is 0 Å². The molecule has 1 aliphatic rings. The molecule has 1 atom stereocenters. The quantitative estimate of drug-likeness (QED) is 0.843. The van der Waals surface area contributed by atoms with E-state index in [4.69, 9.17) is 9.47 Å². The molecule has 2 heterocycles. The van der Waals surface area contributed by atoms with Gasteiger partial charge in [0, 0.05) is 17.8 Å². The normalized spacial score (nSPS) is 18.1. The van der Waals surface area contributed by atoms with Crippen molar-refractivity contribution in [3.63, 3.8) is 0 Å². The van der Waals surface area contributed by atoms with Gasteiger partial charge in [0.1, 0.15) is 12.4 Å². The summed E-state index contributed by atoms with van der Waals surface area (Å²) >= 11 is 0. The van der Waals surface area contributed by atoms with Crippen LogP contribution in [0.25, 0.3) is 0 Å². The first-order chi connectivity index (χ1) is 9.54. The van der Waals surface area contributed by atoms with Crippen molar-refractivity contribution in [1.82, 2.24) is 9.55 Å². The third-order valence-corrected chi connectivity index (χ3v) is 3.35. The van der Waals surface area contributed by atoms with Crippen LogP contribution in [0, 0.1) is 0 Å². The van der Waals surface area contributed by atoms with Gasteiger partial charge < -0.3 is 14.0 Å². The molecule has 0 N–H and O–H groups in total. The molecule has 0 bridgehead atoms. The number of hydrogen-bond donors (Lipinski definition) is 0. The van der Waals surface area contributed by atoms with E-state index < -0.39 is 0 Å². The van der Waals surface area contributed by atoms with Gasteiger partial charge in [0.25, 0.3) is 0 Å². The van der Waals surface area contributed by atoms with E-state index >= 15 is 0 Å². The summed E-state index contributed by atoms with van der Waals surface area (Å²) in [6, 6.07) is 7.79. The highest BCUT2D eigenvalue weighted by Crippen LogP contribution is 2.31. The number of hydrogen-bond acceptors (Lipinski definition) is 3. The molecule has 1 unspecified atom stereocenters. The molecular formula is C16H20N2O2. The monoisotopic (exact) mass is 272 g/mol. The lowest BCUT2D eigenvalue weighted by atomic mass is 9.95. The van der Waals surface area contributed by atoms with Crippen molar-refractivity contribution < 1.29 is 9.47 Å². The molecule has 20 heavy (non-hydrogen) atoms. The van der Waals surface area contributed by atoms with Crippen molar-refractivity contribution in [2.75, 3.05) is 6.61 Å². The number of aromatic nitrogens is 2. The van der Waals surface area contributed by atoms with Gasteiger partial charge in [-0.1, -0.05) is 32.9 Å². The third kappa shape index (κ3) is 2.50. The molecule has 0 amide bonds. The van der Waals surface area contributed by atoms with Gasteiger partial charge in [0.05, 0.1) is 6.54 Å². The molecule has 0 radical (unpaired) electrons. The SMILES string of the molecule is CC(C)(C)c1nccn1CC1COc2ccccc2O1. The molecule has 4 heteroatoms. The summed E-state index contributed by atoms with van der Waals surface area (Å²) in [6.07, 6.45) is 3.86. The Morgan fingerprint density at radius 3 is 2.75 bits per heavy atom. The lowest BCUT2D eigenvalue weighted by Gasteiger charge is -2.28. The van der Waals surface area contributed by atoms with Gasteiger partial charge >= 0.3 is 0 Å². The van der Waals surface area contributed by atoms with Crippen molar-refractivity contribution in [2.24, 2.45) is 0 Å². The van der Waals surface area contributed by atoms with Gasteiger partial charge in [-0.05, 0) is 12.1 Å². The van der Waals surface area contributed by atoms with E-state index in [1.54, 1.807) is 0 Å². The second-order valence-electron chi connectivity index (χ2n) is 6.15.